The zero-order chi connectivity index (χ0) is 27.5. The van der Waals surface area contributed by atoms with Crippen LogP contribution < -0.4 is 14.8 Å². The van der Waals surface area contributed by atoms with E-state index in [0.29, 0.717) is 55.0 Å². The predicted octanol–water partition coefficient (Wildman–Crippen LogP) is 1.10. The van der Waals surface area contributed by atoms with Crippen LogP contribution in [0, 0.1) is 5.92 Å². The first-order valence-electron chi connectivity index (χ1n) is 14.3. The highest BCUT2D eigenvalue weighted by molar-refractivity contribution is 5.95. The van der Waals surface area contributed by atoms with Crippen molar-refractivity contribution in [1.29, 1.82) is 0 Å². The van der Waals surface area contributed by atoms with Crippen molar-refractivity contribution in [3.05, 3.63) is 35.7 Å². The zero-order valence-electron chi connectivity index (χ0n) is 23.0. The van der Waals surface area contributed by atoms with Crippen LogP contribution in [-0.2, 0) is 27.4 Å². The molecule has 0 radical (unpaired) electrons. The van der Waals surface area contributed by atoms with Crippen LogP contribution >= 0.6 is 0 Å². The minimum absolute atomic E-state index is 0.00903. The fourth-order valence-corrected chi connectivity index (χ4v) is 6.22. The third-order valence-electron chi connectivity index (χ3n) is 8.52. The number of hydrogen-bond acceptors (Lipinski definition) is 9. The van der Waals surface area contributed by atoms with Crippen molar-refractivity contribution in [2.24, 2.45) is 5.92 Å². The summed E-state index contributed by atoms with van der Waals surface area (Å²) in [7, 11) is 1.56. The van der Waals surface area contributed by atoms with E-state index in [9.17, 15) is 9.59 Å². The summed E-state index contributed by atoms with van der Waals surface area (Å²) >= 11 is 0. The first-order chi connectivity index (χ1) is 19.6. The van der Waals surface area contributed by atoms with Crippen LogP contribution in [0.5, 0.6) is 11.5 Å². The lowest BCUT2D eigenvalue weighted by atomic mass is 9.93. The second-order valence-electron chi connectivity index (χ2n) is 11.0. The minimum Gasteiger partial charge on any atom is -0.493 e. The van der Waals surface area contributed by atoms with Gasteiger partial charge in [-0.3, -0.25) is 9.59 Å². The number of nitrogens with zero attached hydrogens (tertiary/aromatic N) is 5. The molecule has 12 nitrogen and oxygen atoms in total. The molecule has 1 N–H and O–H groups in total. The summed E-state index contributed by atoms with van der Waals surface area (Å²) < 4.78 is 24.8. The number of benzene rings is 1. The number of nitrogens with one attached hydrogen (secondary N) is 1. The molecule has 2 atom stereocenters. The van der Waals surface area contributed by atoms with E-state index >= 15 is 0 Å². The first-order valence-corrected chi connectivity index (χ1v) is 14.3. The van der Waals surface area contributed by atoms with Crippen molar-refractivity contribution in [2.75, 3.05) is 53.1 Å². The molecule has 12 heteroatoms. The zero-order valence-corrected chi connectivity index (χ0v) is 23.0. The standard InChI is InChI=1S/C28H38N6O6/c1-37-24-3-2-20-14-25(24)39-13-10-34-15-21(30-31-34)18-40-26-17-33(16-23(26)29-27(20)35)28(36)19-4-8-32(9-5-19)22-6-11-38-12-7-22/h2-3,14-15,19,22-23,26H,4-13,16-18H2,1H3,(H,29,35)/t23-,26-/m0/s1. The van der Waals surface area contributed by atoms with Crippen molar-refractivity contribution >= 4 is 11.8 Å². The fourth-order valence-electron chi connectivity index (χ4n) is 6.22. The predicted molar refractivity (Wildman–Crippen MR) is 143 cm³/mol. The Labute approximate surface area is 233 Å². The van der Waals surface area contributed by atoms with Crippen molar-refractivity contribution in [3.8, 4) is 11.5 Å². The van der Waals surface area contributed by atoms with Gasteiger partial charge in [-0.1, -0.05) is 5.21 Å². The molecule has 4 aliphatic rings. The van der Waals surface area contributed by atoms with Crippen LogP contribution in [0.3, 0.4) is 0 Å². The van der Waals surface area contributed by atoms with Gasteiger partial charge in [0.2, 0.25) is 5.91 Å². The molecule has 0 aliphatic carbocycles. The molecule has 3 saturated heterocycles. The Morgan fingerprint density at radius 2 is 1.90 bits per heavy atom. The monoisotopic (exact) mass is 554 g/mol. The van der Waals surface area contributed by atoms with E-state index in [1.165, 1.54) is 0 Å². The molecule has 40 heavy (non-hydrogen) atoms. The van der Waals surface area contributed by atoms with Gasteiger partial charge in [0, 0.05) is 43.8 Å². The number of likely N-dealkylation sites (tertiary alicyclic amines) is 2. The highest BCUT2D eigenvalue weighted by Gasteiger charge is 2.40. The molecule has 0 spiro atoms. The van der Waals surface area contributed by atoms with E-state index in [-0.39, 0.29) is 36.5 Å². The van der Waals surface area contributed by atoms with Crippen molar-refractivity contribution < 1.29 is 28.5 Å². The Morgan fingerprint density at radius 1 is 1.07 bits per heavy atom. The SMILES string of the molecule is COc1ccc2cc1OCCn1cc(nn1)CO[C@H]1CN(C(=O)C3CCN(C4CCOCC4)CC3)C[C@@H]1NC2=O. The maximum absolute atomic E-state index is 13.6. The minimum atomic E-state index is -0.362. The van der Waals surface area contributed by atoms with Crippen LogP contribution in [0.25, 0.3) is 0 Å². The molecule has 6 rings (SSSR count). The van der Waals surface area contributed by atoms with E-state index in [1.54, 1.807) is 30.0 Å². The lowest BCUT2D eigenvalue weighted by Gasteiger charge is -2.39. The van der Waals surface area contributed by atoms with Gasteiger partial charge >= 0.3 is 0 Å². The second kappa shape index (κ2) is 12.1. The molecule has 1 aromatic carbocycles. The van der Waals surface area contributed by atoms with E-state index in [2.05, 4.69) is 20.5 Å². The third-order valence-corrected chi connectivity index (χ3v) is 8.52. The number of aromatic nitrogens is 3. The van der Waals surface area contributed by atoms with Crippen molar-refractivity contribution in [2.45, 2.75) is 57.0 Å². The fraction of sp³-hybridized carbons (Fsp3) is 0.643. The molecule has 1 aromatic heterocycles. The summed E-state index contributed by atoms with van der Waals surface area (Å²) in [5, 5.41) is 11.5. The van der Waals surface area contributed by atoms with Gasteiger partial charge in [0.1, 0.15) is 12.3 Å². The largest absolute Gasteiger partial charge is 0.493 e. The van der Waals surface area contributed by atoms with Crippen molar-refractivity contribution in [3.63, 3.8) is 0 Å². The van der Waals surface area contributed by atoms with Gasteiger partial charge in [0.25, 0.3) is 5.91 Å². The molecule has 3 fully saturated rings. The number of fused-ring (bicyclic) bond motifs is 5. The van der Waals surface area contributed by atoms with Gasteiger partial charge < -0.3 is 34.1 Å². The first kappa shape index (κ1) is 27.0. The van der Waals surface area contributed by atoms with Crippen LogP contribution in [0.2, 0.25) is 0 Å². The van der Waals surface area contributed by atoms with Crippen molar-refractivity contribution in [1.82, 2.24) is 30.1 Å². The summed E-state index contributed by atoms with van der Waals surface area (Å²) in [5.41, 5.74) is 1.14. The second-order valence-corrected chi connectivity index (χ2v) is 11.0. The van der Waals surface area contributed by atoms with Crippen LogP contribution in [0.1, 0.15) is 41.7 Å². The number of carbonyl (C=O) groups excluding carboxylic acids is 2. The normalized spacial score (nSPS) is 25.3. The summed E-state index contributed by atoms with van der Waals surface area (Å²) in [6, 6.07) is 5.32. The molecule has 2 aromatic rings. The van der Waals surface area contributed by atoms with Crippen LogP contribution in [0.15, 0.2) is 24.4 Å². The highest BCUT2D eigenvalue weighted by Crippen LogP contribution is 2.29. The Balaban J connectivity index is 1.15. The molecule has 216 valence electrons. The maximum atomic E-state index is 13.6. The smallest absolute Gasteiger partial charge is 0.251 e. The van der Waals surface area contributed by atoms with E-state index in [0.717, 1.165) is 52.0 Å². The molecular formula is C28H38N6O6. The van der Waals surface area contributed by atoms with E-state index < -0.39 is 0 Å². The van der Waals surface area contributed by atoms with Crippen LogP contribution in [0.4, 0.5) is 0 Å². The average Bonchev–Trinajstić information content (AvgIpc) is 3.62. The van der Waals surface area contributed by atoms with Gasteiger partial charge in [-0.15, -0.1) is 5.10 Å². The Bertz CT molecular complexity index is 1190. The summed E-state index contributed by atoms with van der Waals surface area (Å²) in [6.45, 7) is 5.41. The number of methoxy groups -OCH3 is 1. The molecule has 0 unspecified atom stereocenters. The number of hydrogen-bond donors (Lipinski definition) is 1. The number of rotatable bonds is 3. The lowest BCUT2D eigenvalue weighted by Crippen LogP contribution is -2.47. The highest BCUT2D eigenvalue weighted by atomic mass is 16.5. The van der Waals surface area contributed by atoms with E-state index in [1.807, 2.05) is 11.1 Å². The number of carbonyl (C=O) groups is 2. The topological polar surface area (TPSA) is 120 Å². The van der Waals surface area contributed by atoms with Gasteiger partial charge in [0.15, 0.2) is 11.5 Å². The Morgan fingerprint density at radius 3 is 2.70 bits per heavy atom. The molecule has 4 bridgehead atoms. The maximum Gasteiger partial charge on any atom is 0.251 e. The van der Waals surface area contributed by atoms with E-state index in [4.69, 9.17) is 18.9 Å². The van der Waals surface area contributed by atoms with Crippen LogP contribution in [-0.4, -0.2) is 108 Å². The molecule has 0 saturated carbocycles. The summed E-state index contributed by atoms with van der Waals surface area (Å²) in [4.78, 5) is 31.3. The molecular weight excluding hydrogens is 516 g/mol. The number of amides is 2. The summed E-state index contributed by atoms with van der Waals surface area (Å²) in [5.74, 6) is 0.919. The molecule has 5 heterocycles. The van der Waals surface area contributed by atoms with Gasteiger partial charge in [0.05, 0.1) is 38.6 Å². The number of piperidine rings is 1. The van der Waals surface area contributed by atoms with Gasteiger partial charge in [-0.05, 0) is 57.0 Å². The molecule has 2 amide bonds. The third kappa shape index (κ3) is 5.93. The van der Waals surface area contributed by atoms with Gasteiger partial charge in [-0.2, -0.15) is 0 Å². The lowest BCUT2D eigenvalue weighted by molar-refractivity contribution is -0.137. The van der Waals surface area contributed by atoms with Gasteiger partial charge in [-0.25, -0.2) is 4.68 Å². The average molecular weight is 555 g/mol. The summed E-state index contributed by atoms with van der Waals surface area (Å²) in [6.07, 6.45) is 5.31. The molecule has 4 aliphatic heterocycles. The quantitative estimate of drug-likeness (QED) is 0.595. The Hall–Kier alpha value is -3.22. The Kier molecular flexibility index (Phi) is 8.17. The number of ether oxygens (including phenoxy) is 4.